The van der Waals surface area contributed by atoms with Gasteiger partial charge in [-0.2, -0.15) is 0 Å². The van der Waals surface area contributed by atoms with Gasteiger partial charge in [0.1, 0.15) is 0 Å². The average molecular weight is 424 g/mol. The molecular formula is C28H29N3O. The molecule has 0 atom stereocenters. The van der Waals surface area contributed by atoms with E-state index >= 15 is 0 Å². The van der Waals surface area contributed by atoms with Crippen molar-refractivity contribution in [2.45, 2.75) is 20.3 Å². The number of carbonyl (C=O) groups excluding carboxylic acids is 1. The van der Waals surface area contributed by atoms with Gasteiger partial charge in [0.25, 0.3) is 5.91 Å². The summed E-state index contributed by atoms with van der Waals surface area (Å²) >= 11 is 0. The summed E-state index contributed by atoms with van der Waals surface area (Å²) in [6, 6.07) is 28.3. The van der Waals surface area contributed by atoms with E-state index in [1.165, 1.54) is 11.3 Å². The fourth-order valence-electron chi connectivity index (χ4n) is 3.98. The van der Waals surface area contributed by atoms with E-state index in [2.05, 4.69) is 48.3 Å². The number of nitrogens with zero attached hydrogens (tertiary/aromatic N) is 2. The van der Waals surface area contributed by atoms with Crippen molar-refractivity contribution >= 4 is 22.5 Å². The van der Waals surface area contributed by atoms with E-state index in [1.807, 2.05) is 60.7 Å². The summed E-state index contributed by atoms with van der Waals surface area (Å²) in [7, 11) is 0. The number of carbonyl (C=O) groups is 1. The Labute approximate surface area is 189 Å². The summed E-state index contributed by atoms with van der Waals surface area (Å²) in [6.07, 6.45) is 0.877. The van der Waals surface area contributed by atoms with Crippen molar-refractivity contribution in [1.29, 1.82) is 0 Å². The molecule has 4 nitrogen and oxygen atoms in total. The third kappa shape index (κ3) is 4.97. The molecule has 0 saturated heterocycles. The second-order valence-electron chi connectivity index (χ2n) is 7.97. The number of hydrogen-bond acceptors (Lipinski definition) is 3. The van der Waals surface area contributed by atoms with Crippen LogP contribution in [0.1, 0.15) is 29.3 Å². The molecule has 0 spiro atoms. The lowest BCUT2D eigenvalue weighted by Gasteiger charge is -2.23. The minimum atomic E-state index is -0.0561. The van der Waals surface area contributed by atoms with Gasteiger partial charge in [0, 0.05) is 36.3 Å². The van der Waals surface area contributed by atoms with Crippen LogP contribution in [0.4, 0.5) is 5.69 Å². The maximum atomic E-state index is 13.1. The first-order valence-electron chi connectivity index (χ1n) is 11.2. The highest BCUT2D eigenvalue weighted by molar-refractivity contribution is 6.07. The molecule has 1 amide bonds. The van der Waals surface area contributed by atoms with E-state index in [-0.39, 0.29) is 5.91 Å². The van der Waals surface area contributed by atoms with E-state index in [1.54, 1.807) is 0 Å². The predicted molar refractivity (Wildman–Crippen MR) is 133 cm³/mol. The van der Waals surface area contributed by atoms with Gasteiger partial charge in [-0.25, -0.2) is 4.98 Å². The number of nitrogens with one attached hydrogen (secondary N) is 1. The van der Waals surface area contributed by atoms with Crippen LogP contribution in [0, 0.1) is 6.92 Å². The first-order valence-corrected chi connectivity index (χ1v) is 11.2. The lowest BCUT2D eigenvalue weighted by molar-refractivity contribution is 0.0955. The molecule has 0 bridgehead atoms. The number of benzene rings is 3. The lowest BCUT2D eigenvalue weighted by atomic mass is 10.0. The number of fused-ring (bicyclic) bond motifs is 1. The smallest absolute Gasteiger partial charge is 0.252 e. The minimum Gasteiger partial charge on any atom is -0.372 e. The number of para-hydroxylation sites is 1. The molecule has 0 unspecified atom stereocenters. The van der Waals surface area contributed by atoms with Crippen LogP contribution in [0.25, 0.3) is 22.2 Å². The highest BCUT2D eigenvalue weighted by Crippen LogP contribution is 2.24. The number of amides is 1. The van der Waals surface area contributed by atoms with Crippen LogP contribution >= 0.6 is 0 Å². The number of aryl methyl sites for hydroxylation is 1. The zero-order valence-corrected chi connectivity index (χ0v) is 18.7. The third-order valence-corrected chi connectivity index (χ3v) is 5.67. The zero-order valence-electron chi connectivity index (χ0n) is 18.7. The Morgan fingerprint density at radius 2 is 1.72 bits per heavy atom. The van der Waals surface area contributed by atoms with Gasteiger partial charge in [0.05, 0.1) is 16.8 Å². The Morgan fingerprint density at radius 3 is 2.50 bits per heavy atom. The summed E-state index contributed by atoms with van der Waals surface area (Å²) in [5, 5.41) is 3.99. The molecule has 3 aromatic carbocycles. The van der Waals surface area contributed by atoms with E-state index in [0.717, 1.165) is 41.7 Å². The maximum Gasteiger partial charge on any atom is 0.252 e. The van der Waals surface area contributed by atoms with Crippen molar-refractivity contribution in [3.05, 3.63) is 96.1 Å². The Kier molecular flexibility index (Phi) is 6.81. The molecule has 4 rings (SSSR count). The quantitative estimate of drug-likeness (QED) is 0.361. The lowest BCUT2D eigenvalue weighted by Crippen LogP contribution is -2.30. The van der Waals surface area contributed by atoms with E-state index in [4.69, 9.17) is 4.98 Å². The molecule has 0 radical (unpaired) electrons. The standard InChI is InChI=1S/C28H29N3O/c1-3-31(23-14-9-11-21(2)19-23)18-10-17-29-28(32)25-20-27(22-12-5-4-6-13-22)30-26-16-8-7-15-24(25)26/h4-9,11-16,19-20H,3,10,17-18H2,1-2H3,(H,29,32). The van der Waals surface area contributed by atoms with Crippen LogP contribution in [-0.2, 0) is 0 Å². The number of rotatable bonds is 8. The van der Waals surface area contributed by atoms with Gasteiger partial charge in [-0.15, -0.1) is 0 Å². The number of aromatic nitrogens is 1. The largest absolute Gasteiger partial charge is 0.372 e. The normalized spacial score (nSPS) is 10.8. The topological polar surface area (TPSA) is 45.2 Å². The van der Waals surface area contributed by atoms with Crippen molar-refractivity contribution < 1.29 is 4.79 Å². The summed E-state index contributed by atoms with van der Waals surface area (Å²) in [5.41, 5.74) is 5.80. The first-order chi connectivity index (χ1) is 15.7. The Bertz CT molecular complexity index is 1200. The van der Waals surface area contributed by atoms with Crippen molar-refractivity contribution in [2.24, 2.45) is 0 Å². The monoisotopic (exact) mass is 423 g/mol. The molecule has 4 aromatic rings. The average Bonchev–Trinajstić information content (AvgIpc) is 2.83. The maximum absolute atomic E-state index is 13.1. The molecule has 0 fully saturated rings. The van der Waals surface area contributed by atoms with E-state index in [0.29, 0.717) is 12.1 Å². The predicted octanol–water partition coefficient (Wildman–Crippen LogP) is 5.86. The fraction of sp³-hybridized carbons (Fsp3) is 0.214. The highest BCUT2D eigenvalue weighted by atomic mass is 16.1. The summed E-state index contributed by atoms with van der Waals surface area (Å²) < 4.78 is 0. The van der Waals surface area contributed by atoms with Crippen molar-refractivity contribution in [3.8, 4) is 11.3 Å². The van der Waals surface area contributed by atoms with E-state index < -0.39 is 0 Å². The molecule has 1 aromatic heterocycles. The van der Waals surface area contributed by atoms with Crippen LogP contribution in [0.5, 0.6) is 0 Å². The van der Waals surface area contributed by atoms with Gasteiger partial charge in [0.2, 0.25) is 0 Å². The van der Waals surface area contributed by atoms with Gasteiger partial charge < -0.3 is 10.2 Å². The molecule has 32 heavy (non-hydrogen) atoms. The summed E-state index contributed by atoms with van der Waals surface area (Å²) in [5.74, 6) is -0.0561. The Hall–Kier alpha value is -3.66. The number of anilines is 1. The molecule has 162 valence electrons. The van der Waals surface area contributed by atoms with Gasteiger partial charge in [0.15, 0.2) is 0 Å². The molecule has 1 N–H and O–H groups in total. The van der Waals surface area contributed by atoms with Crippen LogP contribution in [-0.4, -0.2) is 30.5 Å². The van der Waals surface area contributed by atoms with Crippen molar-refractivity contribution in [1.82, 2.24) is 10.3 Å². The molecule has 0 saturated carbocycles. The molecule has 0 aliphatic rings. The Morgan fingerprint density at radius 1 is 0.938 bits per heavy atom. The van der Waals surface area contributed by atoms with Gasteiger partial charge in [-0.3, -0.25) is 4.79 Å². The van der Waals surface area contributed by atoms with Crippen LogP contribution in [0.3, 0.4) is 0 Å². The molecule has 0 aliphatic heterocycles. The molecular weight excluding hydrogens is 394 g/mol. The van der Waals surface area contributed by atoms with Gasteiger partial charge >= 0.3 is 0 Å². The molecule has 0 aliphatic carbocycles. The number of hydrogen-bond donors (Lipinski definition) is 1. The first kappa shape index (κ1) is 21.6. The van der Waals surface area contributed by atoms with Crippen molar-refractivity contribution in [3.63, 3.8) is 0 Å². The summed E-state index contributed by atoms with van der Waals surface area (Å²) in [6.45, 7) is 6.73. The third-order valence-electron chi connectivity index (χ3n) is 5.67. The SMILES string of the molecule is CCN(CCCNC(=O)c1cc(-c2ccccc2)nc2ccccc12)c1cccc(C)c1. The van der Waals surface area contributed by atoms with Crippen molar-refractivity contribution in [2.75, 3.05) is 24.5 Å². The second kappa shape index (κ2) is 10.1. The minimum absolute atomic E-state index is 0.0561. The highest BCUT2D eigenvalue weighted by Gasteiger charge is 2.14. The van der Waals surface area contributed by atoms with Crippen LogP contribution in [0.15, 0.2) is 84.9 Å². The van der Waals surface area contributed by atoms with Gasteiger partial charge in [-0.1, -0.05) is 60.7 Å². The molecule has 4 heteroatoms. The van der Waals surface area contributed by atoms with Crippen LogP contribution in [0.2, 0.25) is 0 Å². The number of pyridine rings is 1. The fourth-order valence-corrected chi connectivity index (χ4v) is 3.98. The Balaban J connectivity index is 1.46. The zero-order chi connectivity index (χ0) is 22.3. The second-order valence-corrected chi connectivity index (χ2v) is 7.97. The van der Waals surface area contributed by atoms with E-state index in [9.17, 15) is 4.79 Å². The molecule has 1 heterocycles. The van der Waals surface area contributed by atoms with Gasteiger partial charge in [-0.05, 0) is 50.1 Å². The summed E-state index contributed by atoms with van der Waals surface area (Å²) in [4.78, 5) is 20.2. The van der Waals surface area contributed by atoms with Crippen LogP contribution < -0.4 is 10.2 Å².